The van der Waals surface area contributed by atoms with Crippen molar-refractivity contribution in [1.29, 1.82) is 0 Å². The van der Waals surface area contributed by atoms with E-state index < -0.39 is 16.1 Å². The van der Waals surface area contributed by atoms with Gasteiger partial charge in [0, 0.05) is 6.54 Å². The molecular weight excluding hydrogens is 478 g/mol. The third-order valence-corrected chi connectivity index (χ3v) is 7.24. The van der Waals surface area contributed by atoms with Crippen LogP contribution >= 0.6 is 0 Å². The number of hydrogen-bond acceptors (Lipinski definition) is 8. The number of benzene rings is 2. The number of carboxylic acid groups (broad SMARTS) is 1. The van der Waals surface area contributed by atoms with E-state index in [1.165, 1.54) is 19.1 Å². The molecule has 0 aliphatic carbocycles. The van der Waals surface area contributed by atoms with Crippen LogP contribution in [-0.2, 0) is 27.8 Å². The van der Waals surface area contributed by atoms with Crippen LogP contribution in [-0.4, -0.2) is 63.1 Å². The first kappa shape index (κ1) is 24.6. The van der Waals surface area contributed by atoms with Gasteiger partial charge in [-0.3, -0.25) is 4.72 Å². The first-order valence-corrected chi connectivity index (χ1v) is 12.5. The lowest BCUT2D eigenvalue weighted by Gasteiger charge is -2.14. The van der Waals surface area contributed by atoms with Crippen molar-refractivity contribution in [2.75, 3.05) is 32.0 Å². The van der Waals surface area contributed by atoms with E-state index >= 15 is 0 Å². The van der Waals surface area contributed by atoms with Crippen LogP contribution in [0.15, 0.2) is 39.8 Å². The fourth-order valence-corrected chi connectivity index (χ4v) is 5.22. The maximum atomic E-state index is 13.2. The summed E-state index contributed by atoms with van der Waals surface area (Å²) in [5.41, 5.74) is 1.87. The summed E-state index contributed by atoms with van der Waals surface area (Å²) in [6.45, 7) is 2.87. The topological polar surface area (TPSA) is 140 Å². The molecule has 1 fully saturated rings. The SMILES string of the molecule is CCc1ccc(OC)c(S(=O)(=O)Nc2noc3cc(CO[C@H]4CCN(C(=O)O)C4)cc(OC)c23)c1. The lowest BCUT2D eigenvalue weighted by atomic mass is 10.1. The number of likely N-dealkylation sites (tertiary alicyclic amines) is 1. The van der Waals surface area contributed by atoms with Crippen molar-refractivity contribution in [3.05, 3.63) is 41.5 Å². The number of aryl methyl sites for hydroxylation is 1. The molecule has 4 rings (SSSR count). The molecule has 1 saturated heterocycles. The minimum absolute atomic E-state index is 0.00791. The van der Waals surface area contributed by atoms with E-state index in [9.17, 15) is 13.2 Å². The Morgan fingerprint density at radius 2 is 1.97 bits per heavy atom. The second-order valence-corrected chi connectivity index (χ2v) is 9.75. The smallest absolute Gasteiger partial charge is 0.407 e. The summed E-state index contributed by atoms with van der Waals surface area (Å²) in [6, 6.07) is 8.37. The molecule has 0 bridgehead atoms. The fraction of sp³-hybridized carbons (Fsp3) is 0.391. The molecule has 1 aliphatic rings. The minimum atomic E-state index is -4.05. The number of nitrogens with one attached hydrogen (secondary N) is 1. The number of rotatable bonds is 9. The number of sulfonamides is 1. The third-order valence-electron chi connectivity index (χ3n) is 5.88. The second-order valence-electron chi connectivity index (χ2n) is 8.10. The van der Waals surface area contributed by atoms with Gasteiger partial charge in [-0.15, -0.1) is 0 Å². The van der Waals surface area contributed by atoms with E-state index in [0.29, 0.717) is 48.2 Å². The van der Waals surface area contributed by atoms with Gasteiger partial charge >= 0.3 is 6.09 Å². The summed E-state index contributed by atoms with van der Waals surface area (Å²) in [4.78, 5) is 12.4. The van der Waals surface area contributed by atoms with Crippen LogP contribution in [0.2, 0.25) is 0 Å². The van der Waals surface area contributed by atoms with Gasteiger partial charge in [0.25, 0.3) is 10.0 Å². The van der Waals surface area contributed by atoms with Crippen LogP contribution in [0.3, 0.4) is 0 Å². The second kappa shape index (κ2) is 10.0. The number of anilines is 1. The Kier molecular flexibility index (Phi) is 7.03. The standard InChI is InChI=1S/C23H27N3O8S/c1-4-14-5-6-17(31-2)20(11-14)35(29,30)25-22-21-18(32-3)9-15(10-19(21)34-24-22)13-33-16-7-8-26(12-16)23(27)28/h5-6,9-11,16H,4,7-8,12-13H2,1-3H3,(H,24,25)(H,27,28)/t16-/m0/s1. The van der Waals surface area contributed by atoms with Gasteiger partial charge in [-0.1, -0.05) is 18.1 Å². The Morgan fingerprint density at radius 3 is 2.63 bits per heavy atom. The van der Waals surface area contributed by atoms with Gasteiger partial charge in [-0.05, 0) is 48.2 Å². The number of ether oxygens (including phenoxy) is 3. The summed E-state index contributed by atoms with van der Waals surface area (Å²) in [7, 11) is -1.18. The number of amides is 1. The van der Waals surface area contributed by atoms with Crippen molar-refractivity contribution in [1.82, 2.24) is 10.1 Å². The van der Waals surface area contributed by atoms with Crippen LogP contribution in [0.1, 0.15) is 24.5 Å². The first-order chi connectivity index (χ1) is 16.7. The van der Waals surface area contributed by atoms with Crippen molar-refractivity contribution < 1.29 is 37.1 Å². The molecule has 1 aromatic heterocycles. The molecule has 1 aliphatic heterocycles. The normalized spacial score (nSPS) is 16.0. The van der Waals surface area contributed by atoms with Crippen LogP contribution in [0.25, 0.3) is 11.0 Å². The fourth-order valence-electron chi connectivity index (χ4n) is 3.99. The molecule has 2 aromatic carbocycles. The molecular formula is C23H27N3O8S. The Hall–Kier alpha value is -3.51. The lowest BCUT2D eigenvalue weighted by Crippen LogP contribution is -2.28. The predicted molar refractivity (Wildman–Crippen MR) is 127 cm³/mol. The number of nitrogens with zero attached hydrogens (tertiary/aromatic N) is 2. The number of aromatic nitrogens is 1. The van der Waals surface area contributed by atoms with E-state index in [0.717, 1.165) is 5.56 Å². The van der Waals surface area contributed by atoms with Gasteiger partial charge in [0.2, 0.25) is 0 Å². The highest BCUT2D eigenvalue weighted by Crippen LogP contribution is 2.36. The lowest BCUT2D eigenvalue weighted by molar-refractivity contribution is 0.0465. The molecule has 3 aromatic rings. The van der Waals surface area contributed by atoms with Gasteiger partial charge in [-0.25, -0.2) is 13.2 Å². The van der Waals surface area contributed by atoms with E-state index in [4.69, 9.17) is 23.8 Å². The minimum Gasteiger partial charge on any atom is -0.496 e. The summed E-state index contributed by atoms with van der Waals surface area (Å²) < 4.78 is 50.9. The summed E-state index contributed by atoms with van der Waals surface area (Å²) in [5.74, 6) is 0.552. The van der Waals surface area contributed by atoms with Gasteiger partial charge in [0.1, 0.15) is 21.8 Å². The highest BCUT2D eigenvalue weighted by atomic mass is 32.2. The average Bonchev–Trinajstić information content (AvgIpc) is 3.49. The van der Waals surface area contributed by atoms with Crippen molar-refractivity contribution in [3.8, 4) is 11.5 Å². The summed E-state index contributed by atoms with van der Waals surface area (Å²) >= 11 is 0. The van der Waals surface area contributed by atoms with E-state index in [2.05, 4.69) is 9.88 Å². The van der Waals surface area contributed by atoms with Crippen molar-refractivity contribution in [3.63, 3.8) is 0 Å². The molecule has 1 atom stereocenters. The highest BCUT2D eigenvalue weighted by molar-refractivity contribution is 7.92. The summed E-state index contributed by atoms with van der Waals surface area (Å²) in [5, 5.41) is 13.4. The number of carbonyl (C=O) groups is 1. The molecule has 1 amide bonds. The Labute approximate surface area is 202 Å². The third kappa shape index (κ3) is 5.13. The molecule has 35 heavy (non-hydrogen) atoms. The molecule has 2 N–H and O–H groups in total. The van der Waals surface area contributed by atoms with Crippen LogP contribution in [0, 0.1) is 0 Å². The molecule has 0 unspecified atom stereocenters. The van der Waals surface area contributed by atoms with Crippen molar-refractivity contribution >= 4 is 32.9 Å². The zero-order valence-corrected chi connectivity index (χ0v) is 20.4. The molecule has 11 nitrogen and oxygen atoms in total. The van der Waals surface area contributed by atoms with E-state index in [-0.39, 0.29) is 29.2 Å². The van der Waals surface area contributed by atoms with Gasteiger partial charge < -0.3 is 28.7 Å². The quantitative estimate of drug-likeness (QED) is 0.447. The monoisotopic (exact) mass is 505 g/mol. The zero-order chi connectivity index (χ0) is 25.2. The summed E-state index contributed by atoms with van der Waals surface area (Å²) in [6.07, 6.45) is 0.101. The Morgan fingerprint density at radius 1 is 1.20 bits per heavy atom. The van der Waals surface area contributed by atoms with Crippen LogP contribution in [0.4, 0.5) is 10.6 Å². The molecule has 12 heteroatoms. The number of fused-ring (bicyclic) bond motifs is 1. The van der Waals surface area contributed by atoms with Crippen LogP contribution < -0.4 is 14.2 Å². The van der Waals surface area contributed by atoms with Gasteiger partial charge in [0.05, 0.1) is 33.5 Å². The Balaban J connectivity index is 1.58. The van der Waals surface area contributed by atoms with Gasteiger partial charge in [0.15, 0.2) is 11.4 Å². The molecule has 0 radical (unpaired) electrons. The van der Waals surface area contributed by atoms with E-state index in [1.807, 2.05) is 6.92 Å². The van der Waals surface area contributed by atoms with Crippen LogP contribution in [0.5, 0.6) is 11.5 Å². The highest BCUT2D eigenvalue weighted by Gasteiger charge is 2.27. The number of hydrogen-bond donors (Lipinski definition) is 2. The van der Waals surface area contributed by atoms with E-state index in [1.54, 1.807) is 30.3 Å². The molecule has 188 valence electrons. The molecule has 2 heterocycles. The van der Waals surface area contributed by atoms with Crippen molar-refractivity contribution in [2.24, 2.45) is 0 Å². The molecule has 0 saturated carbocycles. The van der Waals surface area contributed by atoms with Gasteiger partial charge in [-0.2, -0.15) is 0 Å². The maximum Gasteiger partial charge on any atom is 0.407 e. The first-order valence-electron chi connectivity index (χ1n) is 11.0. The van der Waals surface area contributed by atoms with Crippen molar-refractivity contribution in [2.45, 2.75) is 37.4 Å². The average molecular weight is 506 g/mol. The molecule has 0 spiro atoms. The largest absolute Gasteiger partial charge is 0.496 e. The Bertz CT molecular complexity index is 1340. The zero-order valence-electron chi connectivity index (χ0n) is 19.6. The number of methoxy groups -OCH3 is 2. The predicted octanol–water partition coefficient (Wildman–Crippen LogP) is 3.48. The maximum absolute atomic E-state index is 13.2.